The summed E-state index contributed by atoms with van der Waals surface area (Å²) in [5.74, 6) is -1.63. The van der Waals surface area contributed by atoms with Crippen LogP contribution in [0.1, 0.15) is 37.3 Å². The Bertz CT molecular complexity index is 492. The van der Waals surface area contributed by atoms with E-state index in [0.29, 0.717) is 18.4 Å². The topological polar surface area (TPSA) is 72.9 Å². The number of rotatable bonds is 3. The minimum absolute atomic E-state index is 0.0522. The van der Waals surface area contributed by atoms with E-state index in [2.05, 4.69) is 10.4 Å². The third kappa shape index (κ3) is 3.96. The molecule has 8 heteroatoms. The number of aromatic nitrogens is 2. The monoisotopic (exact) mass is 304 g/mol. The first kappa shape index (κ1) is 15.8. The molecule has 2 rings (SSSR count). The van der Waals surface area contributed by atoms with E-state index in [1.165, 1.54) is 10.9 Å². The second-order valence-electron chi connectivity index (χ2n) is 5.52. The van der Waals surface area contributed by atoms with Crippen molar-refractivity contribution in [3.05, 3.63) is 18.0 Å². The number of carbonyl (C=O) groups is 1. The highest BCUT2D eigenvalue weighted by Crippen LogP contribution is 2.37. The zero-order valence-corrected chi connectivity index (χ0v) is 11.7. The average molecular weight is 304 g/mol. The number of carbonyl (C=O) groups excluding carboxylic acids is 1. The first-order valence-electron chi connectivity index (χ1n) is 6.88. The molecule has 1 unspecified atom stereocenters. The van der Waals surface area contributed by atoms with Crippen molar-refractivity contribution in [3.63, 3.8) is 0 Å². The molecule has 3 N–H and O–H groups in total. The summed E-state index contributed by atoms with van der Waals surface area (Å²) in [5, 5.41) is 6.67. The van der Waals surface area contributed by atoms with Crippen molar-refractivity contribution < 1.29 is 18.0 Å². The average Bonchev–Trinajstić information content (AvgIpc) is 2.84. The molecule has 5 nitrogen and oxygen atoms in total. The maximum Gasteiger partial charge on any atom is 0.391 e. The summed E-state index contributed by atoms with van der Waals surface area (Å²) in [4.78, 5) is 12.0. The van der Waals surface area contributed by atoms with Gasteiger partial charge in [-0.2, -0.15) is 18.3 Å². The maximum atomic E-state index is 12.6. The zero-order valence-electron chi connectivity index (χ0n) is 11.7. The van der Waals surface area contributed by atoms with Crippen LogP contribution in [0.15, 0.2) is 12.4 Å². The van der Waals surface area contributed by atoms with E-state index in [9.17, 15) is 18.0 Å². The van der Waals surface area contributed by atoms with Gasteiger partial charge in [0.15, 0.2) is 0 Å². The lowest BCUT2D eigenvalue weighted by atomic mass is 9.85. The van der Waals surface area contributed by atoms with Crippen molar-refractivity contribution >= 4 is 5.91 Å². The number of aryl methyl sites for hydroxylation is 1. The number of amides is 1. The molecule has 1 atom stereocenters. The lowest BCUT2D eigenvalue weighted by Crippen LogP contribution is -2.43. The zero-order chi connectivity index (χ0) is 15.6. The van der Waals surface area contributed by atoms with Gasteiger partial charge in [0.25, 0.3) is 0 Å². The number of hydrogen-bond donors (Lipinski definition) is 2. The highest BCUT2D eigenvalue weighted by molar-refractivity contribution is 5.83. The van der Waals surface area contributed by atoms with Crippen LogP contribution < -0.4 is 11.1 Å². The van der Waals surface area contributed by atoms with Gasteiger partial charge >= 0.3 is 6.18 Å². The fraction of sp³-hybridized carbons (Fsp3) is 0.692. The van der Waals surface area contributed by atoms with Crippen LogP contribution in [0.25, 0.3) is 0 Å². The first-order valence-corrected chi connectivity index (χ1v) is 6.88. The van der Waals surface area contributed by atoms with Gasteiger partial charge in [-0.25, -0.2) is 0 Å². The summed E-state index contributed by atoms with van der Waals surface area (Å²) < 4.78 is 39.2. The maximum absolute atomic E-state index is 12.6. The largest absolute Gasteiger partial charge is 0.391 e. The molecule has 0 bridgehead atoms. The van der Waals surface area contributed by atoms with Crippen LogP contribution in [-0.4, -0.2) is 27.9 Å². The van der Waals surface area contributed by atoms with E-state index in [1.54, 1.807) is 13.2 Å². The standard InChI is InChI=1S/C13H19F3N4O/c1-20-7-8(6-18-20)11(17)12(21)19-10-4-2-9(3-5-10)13(14,15)16/h6-7,9-11H,2-5,17H2,1H3,(H,19,21). The van der Waals surface area contributed by atoms with Crippen LogP contribution in [0.3, 0.4) is 0 Å². The predicted molar refractivity (Wildman–Crippen MR) is 70.1 cm³/mol. The summed E-state index contributed by atoms with van der Waals surface area (Å²) in [5.41, 5.74) is 6.40. The molecule has 0 aliphatic heterocycles. The van der Waals surface area contributed by atoms with Crippen LogP contribution >= 0.6 is 0 Å². The van der Waals surface area contributed by atoms with Gasteiger partial charge < -0.3 is 11.1 Å². The summed E-state index contributed by atoms with van der Waals surface area (Å²) in [6.45, 7) is 0. The third-order valence-corrected chi connectivity index (χ3v) is 3.90. The molecule has 1 fully saturated rings. The number of alkyl halides is 3. The fourth-order valence-corrected chi connectivity index (χ4v) is 2.61. The quantitative estimate of drug-likeness (QED) is 0.892. The van der Waals surface area contributed by atoms with Crippen LogP contribution in [0, 0.1) is 5.92 Å². The van der Waals surface area contributed by atoms with E-state index < -0.39 is 18.1 Å². The molecule has 1 aromatic rings. The molecule has 1 aromatic heterocycles. The Morgan fingerprint density at radius 2 is 2.05 bits per heavy atom. The molecule has 1 amide bonds. The van der Waals surface area contributed by atoms with Crippen LogP contribution in [0.2, 0.25) is 0 Å². The minimum Gasteiger partial charge on any atom is -0.352 e. The van der Waals surface area contributed by atoms with E-state index in [1.807, 2.05) is 0 Å². The highest BCUT2D eigenvalue weighted by Gasteiger charge is 2.41. The predicted octanol–water partition coefficient (Wildman–Crippen LogP) is 1.66. The molecule has 0 aromatic carbocycles. The van der Waals surface area contributed by atoms with Gasteiger partial charge in [-0.1, -0.05) is 0 Å². The number of nitrogens with zero attached hydrogens (tertiary/aromatic N) is 2. The van der Waals surface area contributed by atoms with Crippen molar-refractivity contribution in [1.82, 2.24) is 15.1 Å². The van der Waals surface area contributed by atoms with E-state index in [0.717, 1.165) is 0 Å². The summed E-state index contributed by atoms with van der Waals surface area (Å²) in [6.07, 6.45) is -0.227. The molecule has 118 valence electrons. The SMILES string of the molecule is Cn1cc(C(N)C(=O)NC2CCC(C(F)(F)F)CC2)cn1. The molecule has 0 saturated heterocycles. The second-order valence-corrected chi connectivity index (χ2v) is 5.52. The third-order valence-electron chi connectivity index (χ3n) is 3.90. The molecular formula is C13H19F3N4O. The van der Waals surface area contributed by atoms with Crippen molar-refractivity contribution in [1.29, 1.82) is 0 Å². The Morgan fingerprint density at radius 1 is 1.43 bits per heavy atom. The van der Waals surface area contributed by atoms with Crippen molar-refractivity contribution in [2.75, 3.05) is 0 Å². The smallest absolute Gasteiger partial charge is 0.352 e. The Morgan fingerprint density at radius 3 is 2.52 bits per heavy atom. The number of nitrogens with two attached hydrogens (primary N) is 1. The highest BCUT2D eigenvalue weighted by atomic mass is 19.4. The molecule has 1 aliphatic rings. The lowest BCUT2D eigenvalue weighted by Gasteiger charge is -2.30. The molecule has 1 aliphatic carbocycles. The van der Waals surface area contributed by atoms with Crippen LogP contribution in [0.4, 0.5) is 13.2 Å². The van der Waals surface area contributed by atoms with Crippen LogP contribution in [0.5, 0.6) is 0 Å². The number of hydrogen-bond acceptors (Lipinski definition) is 3. The summed E-state index contributed by atoms with van der Waals surface area (Å²) in [7, 11) is 1.71. The van der Waals surface area contributed by atoms with E-state index >= 15 is 0 Å². The number of halogens is 3. The molecule has 1 saturated carbocycles. The van der Waals surface area contributed by atoms with Gasteiger partial charge in [0.2, 0.25) is 5.91 Å². The Labute approximate surface area is 120 Å². The van der Waals surface area contributed by atoms with Gasteiger partial charge in [-0.15, -0.1) is 0 Å². The molecule has 21 heavy (non-hydrogen) atoms. The summed E-state index contributed by atoms with van der Waals surface area (Å²) >= 11 is 0. The normalized spacial score (nSPS) is 24.6. The van der Waals surface area contributed by atoms with Crippen LogP contribution in [-0.2, 0) is 11.8 Å². The van der Waals surface area contributed by atoms with Crippen molar-refractivity contribution in [2.24, 2.45) is 18.7 Å². The van der Waals surface area contributed by atoms with Gasteiger partial charge in [0, 0.05) is 24.8 Å². The molecule has 0 radical (unpaired) electrons. The molecule has 1 heterocycles. The van der Waals surface area contributed by atoms with Crippen molar-refractivity contribution in [3.8, 4) is 0 Å². The number of nitrogens with one attached hydrogen (secondary N) is 1. The Kier molecular flexibility index (Phi) is 4.55. The van der Waals surface area contributed by atoms with Gasteiger partial charge in [-0.3, -0.25) is 9.48 Å². The second kappa shape index (κ2) is 6.05. The van der Waals surface area contributed by atoms with Crippen molar-refractivity contribution in [2.45, 2.75) is 43.9 Å². The minimum atomic E-state index is -4.14. The van der Waals surface area contributed by atoms with Gasteiger partial charge in [-0.05, 0) is 25.7 Å². The van der Waals surface area contributed by atoms with E-state index in [-0.39, 0.29) is 24.8 Å². The fourth-order valence-electron chi connectivity index (χ4n) is 2.61. The molecular weight excluding hydrogens is 285 g/mol. The van der Waals surface area contributed by atoms with E-state index in [4.69, 9.17) is 5.73 Å². The Hall–Kier alpha value is -1.57. The van der Waals surface area contributed by atoms with Gasteiger partial charge in [0.1, 0.15) is 6.04 Å². The Balaban J connectivity index is 1.84. The summed E-state index contributed by atoms with van der Waals surface area (Å²) in [6, 6.07) is -1.09. The lowest BCUT2D eigenvalue weighted by molar-refractivity contribution is -0.182. The first-order chi connectivity index (χ1) is 9.77. The van der Waals surface area contributed by atoms with Gasteiger partial charge in [0.05, 0.1) is 12.1 Å². The molecule has 0 spiro atoms.